The number of aromatic nitrogens is 1. The van der Waals surface area contributed by atoms with E-state index in [9.17, 15) is 9.18 Å². The molecule has 22 heavy (non-hydrogen) atoms. The molecule has 2 heterocycles. The molecule has 0 aliphatic carbocycles. The number of rotatable bonds is 5. The Bertz CT molecular complexity index is 684. The largest absolute Gasteiger partial charge is 0.467 e. The number of amides is 1. The number of anilines is 1. The number of nitrogens with zero attached hydrogens (tertiary/aromatic N) is 1. The molecule has 0 aliphatic heterocycles. The molecule has 3 rings (SSSR count). The van der Waals surface area contributed by atoms with Gasteiger partial charge in [-0.25, -0.2) is 4.39 Å². The van der Waals surface area contributed by atoms with Gasteiger partial charge in [0, 0.05) is 18.1 Å². The van der Waals surface area contributed by atoms with Crippen LogP contribution in [0.2, 0.25) is 0 Å². The third kappa shape index (κ3) is 3.25. The molecule has 0 saturated heterocycles. The van der Waals surface area contributed by atoms with E-state index in [4.69, 9.17) is 4.42 Å². The lowest BCUT2D eigenvalue weighted by Crippen LogP contribution is -2.19. The monoisotopic (exact) mass is 298 g/mol. The van der Waals surface area contributed by atoms with Crippen LogP contribution in [0.5, 0.6) is 0 Å². The highest BCUT2D eigenvalue weighted by Gasteiger charge is 2.19. The number of nitrogens with one attached hydrogen (secondary N) is 1. The summed E-state index contributed by atoms with van der Waals surface area (Å²) in [6.07, 6.45) is 5.58. The topological polar surface area (TPSA) is 47.2 Å². The summed E-state index contributed by atoms with van der Waals surface area (Å²) >= 11 is 0. The molecule has 1 amide bonds. The van der Waals surface area contributed by atoms with Crippen molar-refractivity contribution in [3.63, 3.8) is 0 Å². The van der Waals surface area contributed by atoms with Gasteiger partial charge in [0.15, 0.2) is 0 Å². The van der Waals surface area contributed by atoms with Gasteiger partial charge < -0.3 is 14.3 Å². The van der Waals surface area contributed by atoms with Gasteiger partial charge in [-0.3, -0.25) is 4.79 Å². The maximum absolute atomic E-state index is 12.9. The molecule has 0 bridgehead atoms. The number of benzene rings is 1. The highest BCUT2D eigenvalue weighted by molar-refractivity contribution is 5.91. The van der Waals surface area contributed by atoms with E-state index in [0.717, 1.165) is 0 Å². The fourth-order valence-corrected chi connectivity index (χ4v) is 2.31. The van der Waals surface area contributed by atoms with E-state index < -0.39 is 0 Å². The first-order valence-electron chi connectivity index (χ1n) is 6.93. The molecule has 0 fully saturated rings. The molecular weight excluding hydrogens is 283 g/mol. The lowest BCUT2D eigenvalue weighted by atomic mass is 10.1. The summed E-state index contributed by atoms with van der Waals surface area (Å²) in [5, 5.41) is 2.76. The van der Waals surface area contributed by atoms with Crippen LogP contribution in [-0.4, -0.2) is 10.5 Å². The van der Waals surface area contributed by atoms with Gasteiger partial charge in [-0.2, -0.15) is 0 Å². The lowest BCUT2D eigenvalue weighted by Gasteiger charge is -2.16. The Balaban J connectivity index is 1.73. The van der Waals surface area contributed by atoms with Crippen molar-refractivity contribution in [1.29, 1.82) is 0 Å². The second-order valence-corrected chi connectivity index (χ2v) is 4.92. The van der Waals surface area contributed by atoms with Crippen LogP contribution in [0.1, 0.15) is 18.2 Å². The maximum atomic E-state index is 12.9. The smallest absolute Gasteiger partial charge is 0.226 e. The molecule has 1 atom stereocenters. The van der Waals surface area contributed by atoms with E-state index in [-0.39, 0.29) is 24.2 Å². The van der Waals surface area contributed by atoms with Gasteiger partial charge in [-0.05, 0) is 48.5 Å². The number of halogens is 1. The SMILES string of the molecule is O=C(C[C@H](c1ccco1)n1cccc1)Nc1ccc(F)cc1. The molecular formula is C17H15FN2O2. The van der Waals surface area contributed by atoms with Crippen LogP contribution >= 0.6 is 0 Å². The zero-order chi connectivity index (χ0) is 15.4. The molecule has 1 N–H and O–H groups in total. The van der Waals surface area contributed by atoms with Gasteiger partial charge in [-0.15, -0.1) is 0 Å². The van der Waals surface area contributed by atoms with Crippen LogP contribution in [0.15, 0.2) is 71.6 Å². The van der Waals surface area contributed by atoms with E-state index in [1.807, 2.05) is 35.2 Å². The van der Waals surface area contributed by atoms with Crippen molar-refractivity contribution in [2.75, 3.05) is 5.32 Å². The summed E-state index contributed by atoms with van der Waals surface area (Å²) in [5.41, 5.74) is 0.567. The summed E-state index contributed by atoms with van der Waals surface area (Å²) < 4.78 is 20.2. The summed E-state index contributed by atoms with van der Waals surface area (Å²) in [6, 6.07) is 12.9. The first-order chi connectivity index (χ1) is 10.7. The fraction of sp³-hybridized carbons (Fsp3) is 0.118. The number of hydrogen-bond acceptors (Lipinski definition) is 2. The predicted molar refractivity (Wildman–Crippen MR) is 80.9 cm³/mol. The maximum Gasteiger partial charge on any atom is 0.226 e. The zero-order valence-electron chi connectivity index (χ0n) is 11.8. The Hall–Kier alpha value is -2.82. The van der Waals surface area contributed by atoms with E-state index in [1.165, 1.54) is 24.3 Å². The van der Waals surface area contributed by atoms with Gasteiger partial charge in [0.25, 0.3) is 0 Å². The molecule has 1 aromatic carbocycles. The minimum Gasteiger partial charge on any atom is -0.467 e. The average molecular weight is 298 g/mol. The zero-order valence-corrected chi connectivity index (χ0v) is 11.8. The molecule has 112 valence electrons. The lowest BCUT2D eigenvalue weighted by molar-refractivity contribution is -0.116. The third-order valence-corrected chi connectivity index (χ3v) is 3.37. The van der Waals surface area contributed by atoms with Gasteiger partial charge in [0.1, 0.15) is 11.6 Å². The molecule has 0 radical (unpaired) electrons. The highest BCUT2D eigenvalue weighted by atomic mass is 19.1. The average Bonchev–Trinajstić information content (AvgIpc) is 3.21. The van der Waals surface area contributed by atoms with Crippen LogP contribution in [0.25, 0.3) is 0 Å². The summed E-state index contributed by atoms with van der Waals surface area (Å²) in [7, 11) is 0. The van der Waals surface area contributed by atoms with Crippen molar-refractivity contribution >= 4 is 11.6 Å². The highest BCUT2D eigenvalue weighted by Crippen LogP contribution is 2.23. The van der Waals surface area contributed by atoms with Gasteiger partial charge in [-0.1, -0.05) is 0 Å². The Morgan fingerprint density at radius 3 is 2.50 bits per heavy atom. The Kier molecular flexibility index (Phi) is 4.05. The molecule has 4 nitrogen and oxygen atoms in total. The summed E-state index contributed by atoms with van der Waals surface area (Å²) in [5.74, 6) is 0.214. The molecule has 0 aliphatic rings. The van der Waals surface area contributed by atoms with Crippen molar-refractivity contribution < 1.29 is 13.6 Å². The van der Waals surface area contributed by atoms with E-state index >= 15 is 0 Å². The molecule has 5 heteroatoms. The van der Waals surface area contributed by atoms with Crippen molar-refractivity contribution in [1.82, 2.24) is 4.57 Å². The van der Waals surface area contributed by atoms with Crippen LogP contribution in [-0.2, 0) is 4.79 Å². The minimum absolute atomic E-state index is 0.165. The van der Waals surface area contributed by atoms with Gasteiger partial charge in [0.2, 0.25) is 5.91 Å². The van der Waals surface area contributed by atoms with E-state index in [1.54, 1.807) is 12.3 Å². The first-order valence-corrected chi connectivity index (χ1v) is 6.93. The Labute approximate surface area is 127 Å². The number of carbonyl (C=O) groups excluding carboxylic acids is 1. The van der Waals surface area contributed by atoms with E-state index in [0.29, 0.717) is 11.4 Å². The van der Waals surface area contributed by atoms with Gasteiger partial charge >= 0.3 is 0 Å². The summed E-state index contributed by atoms with van der Waals surface area (Å²) in [4.78, 5) is 12.2. The minimum atomic E-state index is -0.334. The molecule has 0 spiro atoms. The number of hydrogen-bond donors (Lipinski definition) is 1. The van der Waals surface area contributed by atoms with Crippen molar-refractivity contribution in [3.8, 4) is 0 Å². The predicted octanol–water partition coefficient (Wildman–Crippen LogP) is 3.84. The molecule has 2 aromatic heterocycles. The fourth-order valence-electron chi connectivity index (χ4n) is 2.31. The van der Waals surface area contributed by atoms with Crippen molar-refractivity contribution in [2.45, 2.75) is 12.5 Å². The molecule has 3 aromatic rings. The van der Waals surface area contributed by atoms with E-state index in [2.05, 4.69) is 5.32 Å². The van der Waals surface area contributed by atoms with Crippen molar-refractivity contribution in [2.24, 2.45) is 0 Å². The Morgan fingerprint density at radius 2 is 1.86 bits per heavy atom. The third-order valence-electron chi connectivity index (χ3n) is 3.37. The van der Waals surface area contributed by atoms with Crippen LogP contribution in [0.4, 0.5) is 10.1 Å². The standard InChI is InChI=1S/C17H15FN2O2/c18-13-5-7-14(8-6-13)19-17(21)12-15(16-4-3-11-22-16)20-9-1-2-10-20/h1-11,15H,12H2,(H,19,21)/t15-/m1/s1. The van der Waals surface area contributed by atoms with Gasteiger partial charge in [0.05, 0.1) is 18.7 Å². The van der Waals surface area contributed by atoms with Crippen molar-refractivity contribution in [3.05, 3.63) is 78.8 Å². The summed E-state index contributed by atoms with van der Waals surface area (Å²) in [6.45, 7) is 0. The molecule has 0 unspecified atom stereocenters. The van der Waals surface area contributed by atoms with Crippen LogP contribution in [0, 0.1) is 5.82 Å². The number of carbonyl (C=O) groups is 1. The van der Waals surface area contributed by atoms with Crippen LogP contribution in [0.3, 0.4) is 0 Å². The second kappa shape index (κ2) is 6.30. The first kappa shape index (κ1) is 14.1. The number of furan rings is 1. The quantitative estimate of drug-likeness (QED) is 0.778. The molecule has 0 saturated carbocycles. The normalized spacial score (nSPS) is 12.0. The van der Waals surface area contributed by atoms with Crippen LogP contribution < -0.4 is 5.32 Å². The second-order valence-electron chi connectivity index (χ2n) is 4.92. The Morgan fingerprint density at radius 1 is 1.14 bits per heavy atom.